The van der Waals surface area contributed by atoms with Gasteiger partial charge in [-0.3, -0.25) is 4.79 Å². The van der Waals surface area contributed by atoms with Crippen molar-refractivity contribution in [2.24, 2.45) is 0 Å². The van der Waals surface area contributed by atoms with Gasteiger partial charge in [0.15, 0.2) is 0 Å². The zero-order valence-corrected chi connectivity index (χ0v) is 19.4. The van der Waals surface area contributed by atoms with Gasteiger partial charge >= 0.3 is 6.03 Å². The molecule has 1 heterocycles. The highest BCUT2D eigenvalue weighted by Gasteiger charge is 2.35. The Hall–Kier alpha value is -3.25. The minimum atomic E-state index is -0.287. The predicted octanol–water partition coefficient (Wildman–Crippen LogP) is 5.51. The van der Waals surface area contributed by atoms with Crippen molar-refractivity contribution in [2.45, 2.75) is 38.8 Å². The lowest BCUT2D eigenvalue weighted by atomic mass is 10.1. The van der Waals surface area contributed by atoms with Crippen molar-refractivity contribution in [3.05, 3.63) is 88.8 Å². The molecule has 4 rings (SSSR count). The maximum absolute atomic E-state index is 13.4. The van der Waals surface area contributed by atoms with Crippen LogP contribution in [0, 0.1) is 6.92 Å². The molecule has 0 bridgehead atoms. The third-order valence-electron chi connectivity index (χ3n) is 5.64. The Labute approximate surface area is 199 Å². The van der Waals surface area contributed by atoms with E-state index in [9.17, 15) is 9.59 Å². The molecule has 2 aromatic carbocycles. The first-order valence-corrected chi connectivity index (χ1v) is 11.6. The molecule has 6 nitrogen and oxygen atoms in total. The molecular weight excluding hydrogens is 438 g/mol. The van der Waals surface area contributed by atoms with E-state index < -0.39 is 0 Å². The minimum Gasteiger partial charge on any atom is -0.464 e. The molecule has 0 unspecified atom stereocenters. The number of rotatable bonds is 9. The van der Waals surface area contributed by atoms with Crippen LogP contribution >= 0.6 is 11.6 Å². The average Bonchev–Trinajstić information content (AvgIpc) is 3.56. The van der Waals surface area contributed by atoms with Crippen molar-refractivity contribution < 1.29 is 14.0 Å². The van der Waals surface area contributed by atoms with E-state index in [1.54, 1.807) is 34.1 Å². The van der Waals surface area contributed by atoms with Gasteiger partial charge in [-0.05, 0) is 62.1 Å². The van der Waals surface area contributed by atoms with E-state index in [1.165, 1.54) is 0 Å². The number of carbonyl (C=O) groups is 2. The minimum absolute atomic E-state index is 0.0194. The lowest BCUT2D eigenvalue weighted by molar-refractivity contribution is -0.132. The van der Waals surface area contributed by atoms with Crippen LogP contribution in [-0.2, 0) is 17.8 Å². The van der Waals surface area contributed by atoms with Crippen molar-refractivity contribution in [3.63, 3.8) is 0 Å². The second-order valence-corrected chi connectivity index (χ2v) is 8.80. The largest absolute Gasteiger partial charge is 0.464 e. The van der Waals surface area contributed by atoms with Crippen LogP contribution in [0.4, 0.5) is 10.5 Å². The van der Waals surface area contributed by atoms with Crippen molar-refractivity contribution in [3.8, 4) is 0 Å². The number of hydrogen-bond acceptors (Lipinski definition) is 3. The zero-order valence-electron chi connectivity index (χ0n) is 18.7. The van der Waals surface area contributed by atoms with Crippen LogP contribution < -0.4 is 5.32 Å². The molecule has 0 radical (unpaired) electrons. The van der Waals surface area contributed by atoms with Crippen LogP contribution in [0.3, 0.4) is 0 Å². The molecule has 3 amide bonds. The SMILES string of the molecule is Cc1ccc(CN(CCc2ccccc2)C(=O)CN(C(=O)Nc2cccc(Cl)c2)C2CC2)o1. The van der Waals surface area contributed by atoms with Crippen molar-refractivity contribution in [1.29, 1.82) is 0 Å². The van der Waals surface area contributed by atoms with Gasteiger partial charge in [-0.1, -0.05) is 48.0 Å². The molecule has 1 aliphatic rings. The second kappa shape index (κ2) is 10.6. The van der Waals surface area contributed by atoms with Gasteiger partial charge in [0.2, 0.25) is 5.91 Å². The van der Waals surface area contributed by atoms with Crippen molar-refractivity contribution in [1.82, 2.24) is 9.80 Å². The number of anilines is 1. The summed E-state index contributed by atoms with van der Waals surface area (Å²) in [4.78, 5) is 29.8. The molecule has 1 saturated carbocycles. The third-order valence-corrected chi connectivity index (χ3v) is 5.87. The van der Waals surface area contributed by atoms with E-state index in [4.69, 9.17) is 16.0 Å². The Morgan fingerprint density at radius 2 is 1.85 bits per heavy atom. The number of hydrogen-bond donors (Lipinski definition) is 1. The van der Waals surface area contributed by atoms with Crippen LogP contribution in [0.15, 0.2) is 71.1 Å². The summed E-state index contributed by atoms with van der Waals surface area (Å²) in [5.41, 5.74) is 1.77. The Bertz CT molecular complexity index is 1090. The van der Waals surface area contributed by atoms with Crippen LogP contribution in [-0.4, -0.2) is 40.9 Å². The summed E-state index contributed by atoms with van der Waals surface area (Å²) < 4.78 is 5.72. The highest BCUT2D eigenvalue weighted by molar-refractivity contribution is 6.30. The highest BCUT2D eigenvalue weighted by Crippen LogP contribution is 2.28. The monoisotopic (exact) mass is 465 g/mol. The highest BCUT2D eigenvalue weighted by atomic mass is 35.5. The summed E-state index contributed by atoms with van der Waals surface area (Å²) in [6, 6.07) is 20.6. The van der Waals surface area contributed by atoms with E-state index in [0.29, 0.717) is 23.8 Å². The summed E-state index contributed by atoms with van der Waals surface area (Å²) in [7, 11) is 0. The number of carbonyl (C=O) groups excluding carboxylic acids is 2. The zero-order chi connectivity index (χ0) is 23.2. The normalized spacial score (nSPS) is 12.9. The van der Waals surface area contributed by atoms with Gasteiger partial charge in [-0.15, -0.1) is 0 Å². The summed E-state index contributed by atoms with van der Waals surface area (Å²) in [5, 5.41) is 3.42. The maximum atomic E-state index is 13.4. The molecule has 3 aromatic rings. The van der Waals surface area contributed by atoms with Crippen LogP contribution in [0.5, 0.6) is 0 Å². The predicted molar refractivity (Wildman–Crippen MR) is 129 cm³/mol. The quantitative estimate of drug-likeness (QED) is 0.453. The van der Waals surface area contributed by atoms with Gasteiger partial charge in [0.1, 0.15) is 18.1 Å². The van der Waals surface area contributed by atoms with Gasteiger partial charge < -0.3 is 19.5 Å². The number of halogens is 1. The molecular formula is C26H28ClN3O3. The van der Waals surface area contributed by atoms with Crippen molar-refractivity contribution >= 4 is 29.2 Å². The van der Waals surface area contributed by atoms with Crippen LogP contribution in [0.25, 0.3) is 0 Å². The number of amides is 3. The van der Waals surface area contributed by atoms with Gasteiger partial charge in [0, 0.05) is 23.3 Å². The Kier molecular flexibility index (Phi) is 7.35. The van der Waals surface area contributed by atoms with E-state index in [1.807, 2.05) is 37.3 Å². The van der Waals surface area contributed by atoms with E-state index in [2.05, 4.69) is 17.4 Å². The second-order valence-electron chi connectivity index (χ2n) is 8.36. The maximum Gasteiger partial charge on any atom is 0.322 e. The lowest BCUT2D eigenvalue weighted by Gasteiger charge is -2.27. The van der Waals surface area contributed by atoms with Crippen LogP contribution in [0.2, 0.25) is 5.02 Å². The van der Waals surface area contributed by atoms with Crippen LogP contribution in [0.1, 0.15) is 29.9 Å². The summed E-state index contributed by atoms with van der Waals surface area (Å²) >= 11 is 6.04. The Morgan fingerprint density at radius 3 is 2.52 bits per heavy atom. The molecule has 7 heteroatoms. The summed E-state index contributed by atoms with van der Waals surface area (Å²) in [6.07, 6.45) is 2.53. The molecule has 0 spiro atoms. The van der Waals surface area contributed by atoms with E-state index in [-0.39, 0.29) is 24.5 Å². The first-order chi connectivity index (χ1) is 16.0. The molecule has 0 aliphatic heterocycles. The molecule has 1 aromatic heterocycles. The smallest absolute Gasteiger partial charge is 0.322 e. The van der Waals surface area contributed by atoms with E-state index in [0.717, 1.165) is 36.3 Å². The standard InChI is InChI=1S/C26H28ClN3O3/c1-19-10-13-24(33-19)17-29(15-14-20-6-3-2-4-7-20)25(31)18-30(23-11-12-23)26(32)28-22-9-5-8-21(27)16-22/h2-10,13,16,23H,11-12,14-15,17-18H2,1H3,(H,28,32). The third kappa shape index (κ3) is 6.62. The number of nitrogens with one attached hydrogen (secondary N) is 1. The van der Waals surface area contributed by atoms with Crippen molar-refractivity contribution in [2.75, 3.05) is 18.4 Å². The average molecular weight is 466 g/mol. The number of aryl methyl sites for hydroxylation is 1. The number of furan rings is 1. The van der Waals surface area contributed by atoms with Gasteiger partial charge in [0.25, 0.3) is 0 Å². The van der Waals surface area contributed by atoms with Gasteiger partial charge in [-0.2, -0.15) is 0 Å². The Morgan fingerprint density at radius 1 is 1.06 bits per heavy atom. The number of nitrogens with zero attached hydrogens (tertiary/aromatic N) is 2. The Balaban J connectivity index is 1.45. The molecule has 1 N–H and O–H groups in total. The first kappa shape index (κ1) is 22.9. The fourth-order valence-corrected chi connectivity index (χ4v) is 3.91. The summed E-state index contributed by atoms with van der Waals surface area (Å²) in [6.45, 7) is 2.81. The van der Waals surface area contributed by atoms with Gasteiger partial charge in [0.05, 0.1) is 6.54 Å². The molecule has 1 aliphatic carbocycles. The molecule has 1 fully saturated rings. The number of benzene rings is 2. The topological polar surface area (TPSA) is 65.8 Å². The van der Waals surface area contributed by atoms with Gasteiger partial charge in [-0.25, -0.2) is 4.79 Å². The molecule has 0 saturated heterocycles. The fraction of sp³-hybridized carbons (Fsp3) is 0.308. The lowest BCUT2D eigenvalue weighted by Crippen LogP contribution is -2.45. The molecule has 172 valence electrons. The fourth-order valence-electron chi connectivity index (χ4n) is 3.72. The van der Waals surface area contributed by atoms with E-state index >= 15 is 0 Å². The number of urea groups is 1. The molecule has 0 atom stereocenters. The molecule has 33 heavy (non-hydrogen) atoms. The first-order valence-electron chi connectivity index (χ1n) is 11.2. The summed E-state index contributed by atoms with van der Waals surface area (Å²) in [5.74, 6) is 1.43.